The Hall–Kier alpha value is -4.99. The fraction of sp³-hybridized carbons (Fsp3) is 0.0417. The Kier molecular flexibility index (Phi) is 7.34. The van der Waals surface area contributed by atoms with E-state index in [2.05, 4.69) is 10.6 Å². The van der Waals surface area contributed by atoms with Gasteiger partial charge in [0.05, 0.1) is 23.3 Å². The minimum atomic E-state index is -1.21. The molecule has 0 aliphatic carbocycles. The molecule has 0 spiro atoms. The summed E-state index contributed by atoms with van der Waals surface area (Å²) in [6, 6.07) is 17.6. The van der Waals surface area contributed by atoms with Crippen LogP contribution in [0.4, 0.5) is 11.4 Å². The number of rotatable bonds is 8. The Morgan fingerprint density at radius 3 is 2.35 bits per heavy atom. The van der Waals surface area contributed by atoms with Crippen LogP contribution in [-0.2, 0) is 4.79 Å². The first kappa shape index (κ1) is 23.7. The lowest BCUT2D eigenvalue weighted by molar-refractivity contribution is -0.384. The summed E-state index contributed by atoms with van der Waals surface area (Å²) in [6.45, 7) is 0. The van der Waals surface area contributed by atoms with Crippen LogP contribution in [-0.4, -0.2) is 34.9 Å². The van der Waals surface area contributed by atoms with Crippen LogP contribution >= 0.6 is 0 Å². The van der Waals surface area contributed by atoms with Crippen molar-refractivity contribution in [1.82, 2.24) is 5.32 Å². The van der Waals surface area contributed by atoms with Crippen molar-refractivity contribution in [1.29, 1.82) is 0 Å². The molecule has 0 saturated heterocycles. The summed E-state index contributed by atoms with van der Waals surface area (Å²) in [5.41, 5.74) is 0.125. The maximum absolute atomic E-state index is 13.1. The average molecular weight is 461 g/mol. The summed E-state index contributed by atoms with van der Waals surface area (Å²) in [4.78, 5) is 47.7. The number of ether oxygens (including phenoxy) is 1. The topological polar surface area (TPSA) is 148 Å². The number of nitro benzene ring substituents is 1. The van der Waals surface area contributed by atoms with Crippen LogP contribution in [0.1, 0.15) is 26.3 Å². The number of nitro groups is 1. The number of carbonyl (C=O) groups excluding carboxylic acids is 2. The number of hydrogen-bond acceptors (Lipinski definition) is 6. The van der Waals surface area contributed by atoms with E-state index in [4.69, 9.17) is 4.74 Å². The zero-order chi connectivity index (χ0) is 24.7. The van der Waals surface area contributed by atoms with Crippen LogP contribution in [0.3, 0.4) is 0 Å². The lowest BCUT2D eigenvalue weighted by Crippen LogP contribution is -2.30. The van der Waals surface area contributed by atoms with E-state index < -0.39 is 22.7 Å². The van der Waals surface area contributed by atoms with Crippen molar-refractivity contribution >= 4 is 35.2 Å². The van der Waals surface area contributed by atoms with E-state index >= 15 is 0 Å². The second kappa shape index (κ2) is 10.6. The van der Waals surface area contributed by atoms with Gasteiger partial charge in [-0.3, -0.25) is 19.7 Å². The molecule has 0 unspecified atom stereocenters. The number of carbonyl (C=O) groups is 3. The van der Waals surface area contributed by atoms with Crippen LogP contribution in [0.5, 0.6) is 5.75 Å². The third kappa shape index (κ3) is 5.82. The molecule has 10 heteroatoms. The molecule has 0 fully saturated rings. The number of aromatic carboxylic acids is 1. The fourth-order valence-corrected chi connectivity index (χ4v) is 2.97. The van der Waals surface area contributed by atoms with E-state index in [1.165, 1.54) is 55.7 Å². The van der Waals surface area contributed by atoms with Gasteiger partial charge in [0, 0.05) is 17.7 Å². The highest BCUT2D eigenvalue weighted by molar-refractivity contribution is 6.11. The molecule has 0 heterocycles. The average Bonchev–Trinajstić information content (AvgIpc) is 2.84. The van der Waals surface area contributed by atoms with Crippen molar-refractivity contribution in [3.63, 3.8) is 0 Å². The second-order valence-corrected chi connectivity index (χ2v) is 6.90. The third-order valence-corrected chi connectivity index (χ3v) is 4.62. The molecule has 0 radical (unpaired) electrons. The van der Waals surface area contributed by atoms with Gasteiger partial charge in [0.15, 0.2) is 0 Å². The van der Waals surface area contributed by atoms with Gasteiger partial charge in [-0.25, -0.2) is 4.79 Å². The maximum Gasteiger partial charge on any atom is 0.335 e. The van der Waals surface area contributed by atoms with Gasteiger partial charge in [0.25, 0.3) is 17.5 Å². The van der Waals surface area contributed by atoms with E-state index in [9.17, 15) is 29.6 Å². The second-order valence-electron chi connectivity index (χ2n) is 6.90. The highest BCUT2D eigenvalue weighted by atomic mass is 16.6. The van der Waals surface area contributed by atoms with Gasteiger partial charge < -0.3 is 20.5 Å². The number of carboxylic acids is 1. The van der Waals surface area contributed by atoms with E-state index in [0.717, 1.165) is 0 Å². The summed E-state index contributed by atoms with van der Waals surface area (Å²) in [5, 5.41) is 25.4. The molecular formula is C24H19N3O7. The van der Waals surface area contributed by atoms with Crippen molar-refractivity contribution in [3.8, 4) is 5.75 Å². The van der Waals surface area contributed by atoms with Gasteiger partial charge in [0.2, 0.25) is 0 Å². The molecule has 0 aliphatic rings. The maximum atomic E-state index is 13.1. The standard InChI is InChI=1S/C24H19N3O7/c1-34-21-11-10-17(24(30)31)14-19(21)25-23(29)20(26-22(28)16-7-3-2-4-8-16)13-15-6-5-9-18(12-15)27(32)33/h2-14H,1H3,(H,25,29)(H,26,28)(H,30,31). The smallest absolute Gasteiger partial charge is 0.335 e. The highest BCUT2D eigenvalue weighted by Gasteiger charge is 2.18. The molecule has 0 aromatic heterocycles. The highest BCUT2D eigenvalue weighted by Crippen LogP contribution is 2.26. The molecule has 0 saturated carbocycles. The number of nitrogens with zero attached hydrogens (tertiary/aromatic N) is 1. The monoisotopic (exact) mass is 461 g/mol. The normalized spacial score (nSPS) is 10.8. The molecule has 3 N–H and O–H groups in total. The van der Waals surface area contributed by atoms with Crippen molar-refractivity contribution in [2.24, 2.45) is 0 Å². The van der Waals surface area contributed by atoms with Gasteiger partial charge in [-0.05, 0) is 42.0 Å². The summed E-state index contributed by atoms with van der Waals surface area (Å²) >= 11 is 0. The van der Waals surface area contributed by atoms with Crippen LogP contribution in [0.15, 0.2) is 78.5 Å². The van der Waals surface area contributed by atoms with Gasteiger partial charge >= 0.3 is 5.97 Å². The molecule has 2 amide bonds. The number of nitrogens with one attached hydrogen (secondary N) is 2. The number of non-ortho nitro benzene ring substituents is 1. The third-order valence-electron chi connectivity index (χ3n) is 4.62. The Morgan fingerprint density at radius 2 is 1.71 bits per heavy atom. The number of methoxy groups -OCH3 is 1. The Bertz CT molecular complexity index is 1290. The van der Waals surface area contributed by atoms with Crippen molar-refractivity contribution in [2.75, 3.05) is 12.4 Å². The summed E-state index contributed by atoms with van der Waals surface area (Å²) < 4.78 is 5.18. The number of carboxylic acid groups (broad SMARTS) is 1. The van der Waals surface area contributed by atoms with Crippen LogP contribution in [0.25, 0.3) is 6.08 Å². The molecule has 0 bridgehead atoms. The molecule has 0 atom stereocenters. The Balaban J connectivity index is 1.99. The van der Waals surface area contributed by atoms with Crippen LogP contribution in [0, 0.1) is 10.1 Å². The van der Waals surface area contributed by atoms with Gasteiger partial charge in [-0.1, -0.05) is 30.3 Å². The SMILES string of the molecule is COc1ccc(C(=O)O)cc1NC(=O)C(=Cc1cccc([N+](=O)[O-])c1)NC(=O)c1ccccc1. The predicted octanol–water partition coefficient (Wildman–Crippen LogP) is 3.71. The van der Waals surface area contributed by atoms with E-state index in [-0.39, 0.29) is 33.9 Å². The van der Waals surface area contributed by atoms with Crippen LogP contribution < -0.4 is 15.4 Å². The molecule has 0 aliphatic heterocycles. The molecule has 3 aromatic carbocycles. The largest absolute Gasteiger partial charge is 0.495 e. The molecule has 3 aromatic rings. The molecular weight excluding hydrogens is 442 g/mol. The first-order chi connectivity index (χ1) is 16.3. The van der Waals surface area contributed by atoms with Gasteiger partial charge in [0.1, 0.15) is 11.4 Å². The van der Waals surface area contributed by atoms with Crippen molar-refractivity contribution < 1.29 is 29.2 Å². The number of anilines is 1. The lowest BCUT2D eigenvalue weighted by atomic mass is 10.1. The minimum Gasteiger partial charge on any atom is -0.495 e. The molecule has 3 rings (SSSR count). The zero-order valence-corrected chi connectivity index (χ0v) is 17.8. The van der Waals surface area contributed by atoms with Crippen molar-refractivity contribution in [2.45, 2.75) is 0 Å². The zero-order valence-electron chi connectivity index (χ0n) is 17.8. The lowest BCUT2D eigenvalue weighted by Gasteiger charge is -2.14. The van der Waals surface area contributed by atoms with E-state index in [1.54, 1.807) is 30.3 Å². The first-order valence-corrected chi connectivity index (χ1v) is 9.83. The number of amides is 2. The fourth-order valence-electron chi connectivity index (χ4n) is 2.97. The summed E-state index contributed by atoms with van der Waals surface area (Å²) in [5.74, 6) is -2.39. The van der Waals surface area contributed by atoms with Crippen molar-refractivity contribution in [3.05, 3.63) is 105 Å². The van der Waals surface area contributed by atoms with Crippen LogP contribution in [0.2, 0.25) is 0 Å². The minimum absolute atomic E-state index is 0.0614. The summed E-state index contributed by atoms with van der Waals surface area (Å²) in [6.07, 6.45) is 1.27. The number of hydrogen-bond donors (Lipinski definition) is 3. The molecule has 172 valence electrons. The molecule has 34 heavy (non-hydrogen) atoms. The predicted molar refractivity (Wildman–Crippen MR) is 124 cm³/mol. The first-order valence-electron chi connectivity index (χ1n) is 9.83. The Morgan fingerprint density at radius 1 is 0.971 bits per heavy atom. The Labute approximate surface area is 193 Å². The quantitative estimate of drug-likeness (QED) is 0.263. The van der Waals surface area contributed by atoms with E-state index in [1.807, 2.05) is 0 Å². The van der Waals surface area contributed by atoms with E-state index in [0.29, 0.717) is 5.56 Å². The number of benzene rings is 3. The van der Waals surface area contributed by atoms with Gasteiger partial charge in [-0.2, -0.15) is 0 Å². The van der Waals surface area contributed by atoms with Gasteiger partial charge in [-0.15, -0.1) is 0 Å². The summed E-state index contributed by atoms with van der Waals surface area (Å²) in [7, 11) is 1.35. The molecule has 10 nitrogen and oxygen atoms in total.